The van der Waals surface area contributed by atoms with Crippen LogP contribution >= 0.6 is 11.5 Å². The first kappa shape index (κ1) is 19.8. The fraction of sp³-hybridized carbons (Fsp3) is 0.174. The first-order valence-corrected chi connectivity index (χ1v) is 10.3. The molecular weight excluding hydrogens is 398 g/mol. The van der Waals surface area contributed by atoms with Crippen LogP contribution in [0.2, 0.25) is 0 Å². The third-order valence-corrected chi connectivity index (χ3v) is 5.22. The number of carbonyl (C=O) groups is 1. The molecule has 4 aromatic rings. The van der Waals surface area contributed by atoms with Crippen molar-refractivity contribution >= 4 is 17.4 Å². The van der Waals surface area contributed by atoms with Gasteiger partial charge in [-0.25, -0.2) is 0 Å². The smallest absolute Gasteiger partial charge is 0.298 e. The van der Waals surface area contributed by atoms with E-state index in [1.165, 1.54) is 17.1 Å². The summed E-state index contributed by atoms with van der Waals surface area (Å²) in [5.41, 5.74) is 3.79. The Kier molecular flexibility index (Phi) is 5.90. The van der Waals surface area contributed by atoms with E-state index in [1.807, 2.05) is 19.1 Å². The highest BCUT2D eigenvalue weighted by Crippen LogP contribution is 2.28. The van der Waals surface area contributed by atoms with Crippen molar-refractivity contribution in [2.24, 2.45) is 0 Å². The molecule has 0 unspecified atom stereocenters. The lowest BCUT2D eigenvalue weighted by atomic mass is 10.1. The number of ether oxygens (including phenoxy) is 1. The molecule has 0 bridgehead atoms. The summed E-state index contributed by atoms with van der Waals surface area (Å²) in [6, 6.07) is 17.2. The van der Waals surface area contributed by atoms with Crippen LogP contribution in [-0.2, 0) is 13.0 Å². The minimum Gasteiger partial charge on any atom is -0.467 e. The molecule has 1 N–H and O–H groups in total. The number of amides is 1. The lowest BCUT2D eigenvalue weighted by molar-refractivity contribution is 0.0947. The SMILES string of the molecule is Cc1ccc(Cc2nsc(Oc3cc(C(=O)NCc4ccco4)ccc3C)n2)cc1. The molecule has 2 aromatic heterocycles. The fourth-order valence-corrected chi connectivity index (χ4v) is 3.43. The van der Waals surface area contributed by atoms with E-state index in [1.54, 1.807) is 24.5 Å². The van der Waals surface area contributed by atoms with Gasteiger partial charge in [-0.1, -0.05) is 35.9 Å². The predicted molar refractivity (Wildman–Crippen MR) is 115 cm³/mol. The molecule has 4 rings (SSSR count). The second-order valence-electron chi connectivity index (χ2n) is 6.98. The van der Waals surface area contributed by atoms with Crippen LogP contribution in [0, 0.1) is 13.8 Å². The van der Waals surface area contributed by atoms with Crippen molar-refractivity contribution in [3.8, 4) is 10.9 Å². The van der Waals surface area contributed by atoms with Crippen LogP contribution in [0.1, 0.15) is 38.6 Å². The highest BCUT2D eigenvalue weighted by molar-refractivity contribution is 7.07. The number of nitrogens with one attached hydrogen (secondary N) is 1. The van der Waals surface area contributed by atoms with E-state index in [4.69, 9.17) is 9.15 Å². The van der Waals surface area contributed by atoms with Gasteiger partial charge in [0.1, 0.15) is 11.5 Å². The summed E-state index contributed by atoms with van der Waals surface area (Å²) in [4.78, 5) is 16.9. The van der Waals surface area contributed by atoms with E-state index >= 15 is 0 Å². The molecule has 30 heavy (non-hydrogen) atoms. The number of hydrogen-bond donors (Lipinski definition) is 1. The molecule has 7 heteroatoms. The zero-order valence-corrected chi connectivity index (χ0v) is 17.5. The van der Waals surface area contributed by atoms with Gasteiger partial charge in [-0.2, -0.15) is 9.36 Å². The van der Waals surface area contributed by atoms with Crippen LogP contribution in [0.15, 0.2) is 65.3 Å². The van der Waals surface area contributed by atoms with Crippen LogP contribution in [0.3, 0.4) is 0 Å². The van der Waals surface area contributed by atoms with Crippen molar-refractivity contribution in [2.45, 2.75) is 26.8 Å². The fourth-order valence-electron chi connectivity index (χ4n) is 2.87. The molecule has 0 saturated heterocycles. The Morgan fingerprint density at radius 1 is 1.13 bits per heavy atom. The number of nitrogens with zero attached hydrogens (tertiary/aromatic N) is 2. The summed E-state index contributed by atoms with van der Waals surface area (Å²) in [7, 11) is 0. The van der Waals surface area contributed by atoms with E-state index in [9.17, 15) is 4.79 Å². The second kappa shape index (κ2) is 8.92. The largest absolute Gasteiger partial charge is 0.467 e. The molecule has 2 aromatic carbocycles. The Labute approximate surface area is 178 Å². The molecule has 0 aliphatic carbocycles. The standard InChI is InChI=1S/C23H21N3O3S/c1-15-5-8-17(9-6-15)12-21-25-23(30-26-21)29-20-13-18(10-7-16(20)2)22(27)24-14-19-4-3-11-28-19/h3-11,13H,12,14H2,1-2H3,(H,24,27). The molecule has 6 nitrogen and oxygen atoms in total. The quantitative estimate of drug-likeness (QED) is 0.453. The molecule has 0 spiro atoms. The van der Waals surface area contributed by atoms with Gasteiger partial charge >= 0.3 is 0 Å². The van der Waals surface area contributed by atoms with Crippen LogP contribution in [0.4, 0.5) is 0 Å². The summed E-state index contributed by atoms with van der Waals surface area (Å²) in [6.07, 6.45) is 2.23. The summed E-state index contributed by atoms with van der Waals surface area (Å²) in [6.45, 7) is 4.31. The zero-order chi connectivity index (χ0) is 20.9. The zero-order valence-electron chi connectivity index (χ0n) is 16.7. The monoisotopic (exact) mass is 419 g/mol. The lowest BCUT2D eigenvalue weighted by Crippen LogP contribution is -2.22. The van der Waals surface area contributed by atoms with Crippen molar-refractivity contribution in [3.05, 3.63) is 94.7 Å². The van der Waals surface area contributed by atoms with Gasteiger partial charge in [-0.15, -0.1) is 0 Å². The van der Waals surface area contributed by atoms with Crippen LogP contribution in [0.25, 0.3) is 0 Å². The van der Waals surface area contributed by atoms with Gasteiger partial charge in [-0.3, -0.25) is 4.79 Å². The lowest BCUT2D eigenvalue weighted by Gasteiger charge is -2.08. The molecule has 0 radical (unpaired) electrons. The average molecular weight is 420 g/mol. The molecule has 0 fully saturated rings. The van der Waals surface area contributed by atoms with Gasteiger partial charge in [0, 0.05) is 23.5 Å². The van der Waals surface area contributed by atoms with Crippen molar-refractivity contribution in [2.75, 3.05) is 0 Å². The highest BCUT2D eigenvalue weighted by Gasteiger charge is 2.13. The number of carbonyl (C=O) groups excluding carboxylic acids is 1. The molecular formula is C23H21N3O3S. The van der Waals surface area contributed by atoms with E-state index in [-0.39, 0.29) is 5.91 Å². The number of furan rings is 1. The van der Waals surface area contributed by atoms with Gasteiger partial charge < -0.3 is 14.5 Å². The number of aryl methyl sites for hydroxylation is 2. The van der Waals surface area contributed by atoms with Gasteiger partial charge in [0.25, 0.3) is 11.1 Å². The minimum absolute atomic E-state index is 0.200. The molecule has 2 heterocycles. The molecule has 0 aliphatic heterocycles. The Bertz CT molecular complexity index is 1130. The van der Waals surface area contributed by atoms with Crippen molar-refractivity contribution < 1.29 is 13.9 Å². The van der Waals surface area contributed by atoms with Gasteiger partial charge in [0.2, 0.25) is 0 Å². The topological polar surface area (TPSA) is 77.2 Å². The average Bonchev–Trinajstić information content (AvgIpc) is 3.42. The summed E-state index contributed by atoms with van der Waals surface area (Å²) in [5.74, 6) is 1.79. The molecule has 0 aliphatic rings. The summed E-state index contributed by atoms with van der Waals surface area (Å²) in [5, 5.41) is 3.29. The molecule has 1 amide bonds. The van der Waals surface area contributed by atoms with Crippen LogP contribution in [-0.4, -0.2) is 15.3 Å². The normalized spacial score (nSPS) is 10.7. The van der Waals surface area contributed by atoms with E-state index < -0.39 is 0 Å². The molecule has 0 atom stereocenters. The molecule has 152 valence electrons. The van der Waals surface area contributed by atoms with Crippen molar-refractivity contribution in [1.82, 2.24) is 14.7 Å². The minimum atomic E-state index is -0.200. The van der Waals surface area contributed by atoms with E-state index in [0.29, 0.717) is 41.1 Å². The highest BCUT2D eigenvalue weighted by atomic mass is 32.1. The van der Waals surface area contributed by atoms with E-state index in [2.05, 4.69) is 45.9 Å². The maximum absolute atomic E-state index is 12.5. The Hall–Kier alpha value is -3.45. The van der Waals surface area contributed by atoms with Crippen molar-refractivity contribution in [3.63, 3.8) is 0 Å². The maximum atomic E-state index is 12.5. The first-order chi connectivity index (χ1) is 14.6. The Morgan fingerprint density at radius 3 is 2.73 bits per heavy atom. The van der Waals surface area contributed by atoms with E-state index in [0.717, 1.165) is 11.1 Å². The third kappa shape index (κ3) is 4.93. The van der Waals surface area contributed by atoms with Crippen LogP contribution in [0.5, 0.6) is 10.9 Å². The maximum Gasteiger partial charge on any atom is 0.298 e. The Morgan fingerprint density at radius 2 is 1.97 bits per heavy atom. The number of hydrogen-bond acceptors (Lipinski definition) is 6. The predicted octanol–water partition coefficient (Wildman–Crippen LogP) is 5.06. The van der Waals surface area contributed by atoms with Gasteiger partial charge in [0.15, 0.2) is 5.82 Å². The Balaban J connectivity index is 1.42. The van der Waals surface area contributed by atoms with Gasteiger partial charge in [-0.05, 0) is 49.2 Å². The number of rotatable bonds is 7. The number of aromatic nitrogens is 2. The summed E-state index contributed by atoms with van der Waals surface area (Å²) >= 11 is 1.20. The van der Waals surface area contributed by atoms with Crippen molar-refractivity contribution in [1.29, 1.82) is 0 Å². The molecule has 0 saturated carbocycles. The first-order valence-electron chi connectivity index (χ1n) is 9.54. The summed E-state index contributed by atoms with van der Waals surface area (Å²) < 4.78 is 15.6. The number of benzene rings is 2. The third-order valence-electron chi connectivity index (χ3n) is 4.58. The van der Waals surface area contributed by atoms with Gasteiger partial charge in [0.05, 0.1) is 12.8 Å². The van der Waals surface area contributed by atoms with Crippen LogP contribution < -0.4 is 10.1 Å². The second-order valence-corrected chi connectivity index (χ2v) is 7.70.